The van der Waals surface area contributed by atoms with Crippen molar-refractivity contribution >= 4 is 22.6 Å². The zero-order valence-corrected chi connectivity index (χ0v) is 10.2. The molecule has 1 atom stereocenters. The molecule has 0 radical (unpaired) electrons. The van der Waals surface area contributed by atoms with E-state index in [9.17, 15) is 4.79 Å². The van der Waals surface area contributed by atoms with Crippen LogP contribution in [0.25, 0.3) is 10.9 Å². The molecule has 0 saturated carbocycles. The number of nitrogens with zero attached hydrogens (tertiary/aromatic N) is 2. The highest BCUT2D eigenvalue weighted by Gasteiger charge is 2.35. The topological polar surface area (TPSA) is 42.4 Å². The second-order valence-corrected chi connectivity index (χ2v) is 4.41. The fourth-order valence-electron chi connectivity index (χ4n) is 2.29. The Morgan fingerprint density at radius 3 is 3.00 bits per heavy atom. The highest BCUT2D eigenvalue weighted by molar-refractivity contribution is 5.85. The highest BCUT2D eigenvalue weighted by atomic mass is 16.5. The van der Waals surface area contributed by atoms with E-state index in [0.717, 1.165) is 29.6 Å². The number of fused-ring (bicyclic) bond motifs is 1. The number of hydrogen-bond donors (Lipinski definition) is 0. The number of carbonyl (C=O) groups is 1. The van der Waals surface area contributed by atoms with Gasteiger partial charge in [-0.15, -0.1) is 0 Å². The number of methoxy groups -OCH3 is 1. The average molecular weight is 242 g/mol. The minimum atomic E-state index is -0.172. The van der Waals surface area contributed by atoms with E-state index in [1.807, 2.05) is 35.4 Å². The molecular formula is C14H14N2O2. The first-order valence-corrected chi connectivity index (χ1v) is 5.99. The number of ether oxygens (including phenoxy) is 1. The van der Waals surface area contributed by atoms with E-state index in [4.69, 9.17) is 4.74 Å². The molecule has 2 heterocycles. The van der Waals surface area contributed by atoms with Crippen molar-refractivity contribution in [3.05, 3.63) is 36.5 Å². The van der Waals surface area contributed by atoms with E-state index in [1.165, 1.54) is 7.11 Å². The molecule has 1 aromatic carbocycles. The maximum atomic E-state index is 11.6. The van der Waals surface area contributed by atoms with Crippen LogP contribution in [0, 0.1) is 0 Å². The molecule has 92 valence electrons. The van der Waals surface area contributed by atoms with Gasteiger partial charge >= 0.3 is 5.97 Å². The zero-order valence-electron chi connectivity index (χ0n) is 10.2. The normalized spacial score (nSPS) is 18.5. The monoisotopic (exact) mass is 242 g/mol. The molecule has 4 heteroatoms. The van der Waals surface area contributed by atoms with E-state index >= 15 is 0 Å². The van der Waals surface area contributed by atoms with Crippen molar-refractivity contribution in [1.82, 2.24) is 4.98 Å². The second-order valence-electron chi connectivity index (χ2n) is 4.41. The zero-order chi connectivity index (χ0) is 12.5. The number of anilines is 1. The van der Waals surface area contributed by atoms with Gasteiger partial charge in [0.1, 0.15) is 6.04 Å². The van der Waals surface area contributed by atoms with Crippen LogP contribution in [0.3, 0.4) is 0 Å². The Morgan fingerprint density at radius 1 is 1.44 bits per heavy atom. The average Bonchev–Trinajstić information content (AvgIpc) is 2.37. The quantitative estimate of drug-likeness (QED) is 0.755. The predicted octanol–water partition coefficient (Wildman–Crippen LogP) is 1.99. The van der Waals surface area contributed by atoms with Gasteiger partial charge in [0.15, 0.2) is 0 Å². The van der Waals surface area contributed by atoms with Gasteiger partial charge in [0.25, 0.3) is 0 Å². The van der Waals surface area contributed by atoms with Gasteiger partial charge < -0.3 is 9.64 Å². The molecule has 0 bridgehead atoms. The predicted molar refractivity (Wildman–Crippen MR) is 69.5 cm³/mol. The van der Waals surface area contributed by atoms with Gasteiger partial charge in [0.05, 0.1) is 24.5 Å². The number of para-hydroxylation sites is 1. The number of benzene rings is 1. The lowest BCUT2D eigenvalue weighted by molar-refractivity contribution is -0.143. The molecule has 1 aromatic heterocycles. The third kappa shape index (κ3) is 1.70. The van der Waals surface area contributed by atoms with Crippen molar-refractivity contribution in [2.45, 2.75) is 12.5 Å². The van der Waals surface area contributed by atoms with Crippen LogP contribution >= 0.6 is 0 Å². The van der Waals surface area contributed by atoms with Gasteiger partial charge in [-0.1, -0.05) is 18.2 Å². The van der Waals surface area contributed by atoms with Crippen LogP contribution in [0.1, 0.15) is 6.42 Å². The summed E-state index contributed by atoms with van der Waals surface area (Å²) in [4.78, 5) is 18.0. The maximum absolute atomic E-state index is 11.6. The van der Waals surface area contributed by atoms with Gasteiger partial charge in [-0.2, -0.15) is 0 Å². The summed E-state index contributed by atoms with van der Waals surface area (Å²) in [6.45, 7) is 0.875. The molecule has 1 fully saturated rings. The summed E-state index contributed by atoms with van der Waals surface area (Å²) in [5, 5.41) is 1.09. The number of aromatic nitrogens is 1. The fraction of sp³-hybridized carbons (Fsp3) is 0.286. The van der Waals surface area contributed by atoms with Crippen molar-refractivity contribution in [3.63, 3.8) is 0 Å². The van der Waals surface area contributed by atoms with Crippen LogP contribution in [0.4, 0.5) is 5.69 Å². The van der Waals surface area contributed by atoms with Gasteiger partial charge in [0.2, 0.25) is 0 Å². The summed E-state index contributed by atoms with van der Waals surface area (Å²) >= 11 is 0. The van der Waals surface area contributed by atoms with Crippen LogP contribution in [-0.2, 0) is 9.53 Å². The Hall–Kier alpha value is -2.10. The summed E-state index contributed by atoms with van der Waals surface area (Å²) in [6, 6.07) is 9.87. The van der Waals surface area contributed by atoms with Crippen LogP contribution in [0.5, 0.6) is 0 Å². The lowest BCUT2D eigenvalue weighted by atomic mass is 10.0. The van der Waals surface area contributed by atoms with Crippen LogP contribution in [0.2, 0.25) is 0 Å². The Kier molecular flexibility index (Phi) is 2.63. The third-order valence-electron chi connectivity index (χ3n) is 3.40. The van der Waals surface area contributed by atoms with Gasteiger partial charge in [0, 0.05) is 11.9 Å². The fourth-order valence-corrected chi connectivity index (χ4v) is 2.29. The van der Waals surface area contributed by atoms with E-state index in [0.29, 0.717) is 0 Å². The smallest absolute Gasteiger partial charge is 0.328 e. The summed E-state index contributed by atoms with van der Waals surface area (Å²) in [7, 11) is 1.43. The molecule has 0 spiro atoms. The standard InChI is InChI=1S/C14H14N2O2/c1-18-14(17)13-6-7-16(13)11-8-10-4-2-3-5-12(10)15-9-11/h2-5,8-9,13H,6-7H2,1H3. The minimum Gasteiger partial charge on any atom is -0.467 e. The Labute approximate surface area is 105 Å². The van der Waals surface area contributed by atoms with Crippen molar-refractivity contribution in [1.29, 1.82) is 0 Å². The molecular weight excluding hydrogens is 228 g/mol. The van der Waals surface area contributed by atoms with Gasteiger partial charge in [-0.3, -0.25) is 4.98 Å². The van der Waals surface area contributed by atoms with Crippen LogP contribution in [-0.4, -0.2) is 30.6 Å². The van der Waals surface area contributed by atoms with Gasteiger partial charge in [-0.05, 0) is 18.6 Å². The minimum absolute atomic E-state index is 0.155. The molecule has 1 saturated heterocycles. The lowest BCUT2D eigenvalue weighted by Crippen LogP contribution is -2.53. The number of hydrogen-bond acceptors (Lipinski definition) is 4. The first kappa shape index (κ1) is 11.0. The Balaban J connectivity index is 1.93. The molecule has 3 rings (SSSR count). The first-order valence-electron chi connectivity index (χ1n) is 5.99. The number of carbonyl (C=O) groups excluding carboxylic acids is 1. The van der Waals surface area contributed by atoms with Gasteiger partial charge in [-0.25, -0.2) is 4.79 Å². The summed E-state index contributed by atoms with van der Waals surface area (Å²) in [6.07, 6.45) is 2.66. The van der Waals surface area contributed by atoms with E-state index in [1.54, 1.807) is 0 Å². The molecule has 18 heavy (non-hydrogen) atoms. The molecule has 2 aromatic rings. The maximum Gasteiger partial charge on any atom is 0.328 e. The first-order chi connectivity index (χ1) is 8.79. The van der Waals surface area contributed by atoms with Crippen molar-refractivity contribution in [2.75, 3.05) is 18.6 Å². The highest BCUT2D eigenvalue weighted by Crippen LogP contribution is 2.28. The van der Waals surface area contributed by atoms with E-state index in [-0.39, 0.29) is 12.0 Å². The SMILES string of the molecule is COC(=O)C1CCN1c1cnc2ccccc2c1. The van der Waals surface area contributed by atoms with Crippen molar-refractivity contribution in [3.8, 4) is 0 Å². The van der Waals surface area contributed by atoms with Crippen LogP contribution in [0.15, 0.2) is 36.5 Å². The molecule has 1 aliphatic rings. The number of rotatable bonds is 2. The number of esters is 1. The molecule has 4 nitrogen and oxygen atoms in total. The molecule has 0 N–H and O–H groups in total. The van der Waals surface area contributed by atoms with E-state index in [2.05, 4.69) is 11.1 Å². The summed E-state index contributed by atoms with van der Waals surface area (Å²) in [5.74, 6) is -0.172. The van der Waals surface area contributed by atoms with Crippen LogP contribution < -0.4 is 4.90 Å². The second kappa shape index (κ2) is 4.29. The third-order valence-corrected chi connectivity index (χ3v) is 3.40. The number of pyridine rings is 1. The van der Waals surface area contributed by atoms with E-state index < -0.39 is 0 Å². The molecule has 1 unspecified atom stereocenters. The summed E-state index contributed by atoms with van der Waals surface area (Å²) in [5.41, 5.74) is 1.95. The van der Waals surface area contributed by atoms with Crippen molar-refractivity contribution < 1.29 is 9.53 Å². The molecule has 0 amide bonds. The Morgan fingerprint density at radius 2 is 2.28 bits per heavy atom. The van der Waals surface area contributed by atoms with Crippen molar-refractivity contribution in [2.24, 2.45) is 0 Å². The largest absolute Gasteiger partial charge is 0.467 e. The Bertz CT molecular complexity index is 597. The molecule has 1 aliphatic heterocycles. The molecule has 0 aliphatic carbocycles. The lowest BCUT2D eigenvalue weighted by Gasteiger charge is -2.40. The summed E-state index contributed by atoms with van der Waals surface area (Å²) < 4.78 is 4.79.